The molecule has 1 atom stereocenters. The molecule has 0 aliphatic carbocycles. The normalized spacial score (nSPS) is 22.2. The van der Waals surface area contributed by atoms with Gasteiger partial charge in [-0.05, 0) is 37.6 Å². The van der Waals surface area contributed by atoms with E-state index >= 15 is 0 Å². The van der Waals surface area contributed by atoms with Gasteiger partial charge in [0.1, 0.15) is 0 Å². The fourth-order valence-corrected chi connectivity index (χ4v) is 4.02. The van der Waals surface area contributed by atoms with E-state index in [0.717, 1.165) is 13.0 Å². The summed E-state index contributed by atoms with van der Waals surface area (Å²) >= 11 is 0. The molecule has 1 heterocycles. The molecular weight excluding hydrogens is 292 g/mol. The van der Waals surface area contributed by atoms with E-state index in [1.807, 2.05) is 6.92 Å². The van der Waals surface area contributed by atoms with E-state index < -0.39 is 21.5 Å². The van der Waals surface area contributed by atoms with Crippen LogP contribution < -0.4 is 10.0 Å². The van der Waals surface area contributed by atoms with Crippen LogP contribution in [0.3, 0.4) is 0 Å². The molecule has 0 amide bonds. The number of sulfonamides is 1. The largest absolute Gasteiger partial charge is 0.465 e. The zero-order valence-electron chi connectivity index (χ0n) is 12.2. The van der Waals surface area contributed by atoms with Crippen molar-refractivity contribution in [1.82, 2.24) is 10.0 Å². The van der Waals surface area contributed by atoms with Crippen LogP contribution in [0, 0.1) is 0 Å². The second-order valence-electron chi connectivity index (χ2n) is 5.54. The lowest BCUT2D eigenvalue weighted by Crippen LogP contribution is -2.47. The summed E-state index contributed by atoms with van der Waals surface area (Å²) in [5.74, 6) is -0.545. The van der Waals surface area contributed by atoms with E-state index in [0.29, 0.717) is 17.7 Å². The summed E-state index contributed by atoms with van der Waals surface area (Å²) in [4.78, 5) is 11.3. The van der Waals surface area contributed by atoms with Crippen LogP contribution in [0.1, 0.15) is 29.3 Å². The highest BCUT2D eigenvalue weighted by Gasteiger charge is 2.32. The van der Waals surface area contributed by atoms with Gasteiger partial charge in [0, 0.05) is 12.1 Å². The molecule has 1 unspecified atom stereocenters. The molecule has 0 spiro atoms. The van der Waals surface area contributed by atoms with Gasteiger partial charge >= 0.3 is 5.97 Å². The maximum absolute atomic E-state index is 12.2. The minimum absolute atomic E-state index is 0.107. The van der Waals surface area contributed by atoms with Gasteiger partial charge in [0.15, 0.2) is 0 Å². The highest BCUT2D eigenvalue weighted by atomic mass is 32.2. The Bertz CT molecular complexity index is 604. The number of hydrogen-bond donors (Lipinski definition) is 2. The Labute approximate surface area is 124 Å². The van der Waals surface area contributed by atoms with Gasteiger partial charge in [-0.2, -0.15) is 0 Å². The van der Waals surface area contributed by atoms with Crippen molar-refractivity contribution in [2.45, 2.75) is 24.6 Å². The molecule has 1 aromatic rings. The van der Waals surface area contributed by atoms with E-state index in [1.54, 1.807) is 24.3 Å². The van der Waals surface area contributed by atoms with Gasteiger partial charge in [-0.15, -0.1) is 0 Å². The summed E-state index contributed by atoms with van der Waals surface area (Å²) in [7, 11) is -2.11. The maximum atomic E-state index is 12.2. The van der Waals surface area contributed by atoms with Crippen molar-refractivity contribution in [2.24, 2.45) is 0 Å². The predicted molar refractivity (Wildman–Crippen MR) is 79.4 cm³/mol. The highest BCUT2D eigenvalue weighted by molar-refractivity contribution is 7.88. The first-order chi connectivity index (χ1) is 9.84. The van der Waals surface area contributed by atoms with Gasteiger partial charge in [0.05, 0.1) is 18.4 Å². The van der Waals surface area contributed by atoms with Gasteiger partial charge in [-0.25, -0.2) is 17.9 Å². The third-order valence-corrected chi connectivity index (χ3v) is 5.02. The minimum atomic E-state index is -3.42. The minimum Gasteiger partial charge on any atom is -0.465 e. The second-order valence-corrected chi connectivity index (χ2v) is 7.26. The molecule has 0 saturated carbocycles. The topological polar surface area (TPSA) is 84.5 Å². The summed E-state index contributed by atoms with van der Waals surface area (Å²) in [6.45, 7) is 3.34. The lowest BCUT2D eigenvalue weighted by atomic mass is 10.0. The van der Waals surface area contributed by atoms with Crippen molar-refractivity contribution >= 4 is 16.0 Å². The molecule has 0 aromatic heterocycles. The van der Waals surface area contributed by atoms with Crippen molar-refractivity contribution in [2.75, 3.05) is 20.2 Å². The summed E-state index contributed by atoms with van der Waals surface area (Å²) < 4.78 is 31.8. The zero-order chi connectivity index (χ0) is 15.5. The summed E-state index contributed by atoms with van der Waals surface area (Å²) in [5.41, 5.74) is 0.605. The van der Waals surface area contributed by atoms with Gasteiger partial charge in [-0.3, -0.25) is 0 Å². The smallest absolute Gasteiger partial charge is 0.337 e. The van der Waals surface area contributed by atoms with Crippen LogP contribution in [-0.4, -0.2) is 40.1 Å². The lowest BCUT2D eigenvalue weighted by molar-refractivity contribution is 0.0600. The first-order valence-corrected chi connectivity index (χ1v) is 8.38. The molecule has 1 saturated heterocycles. The number of methoxy groups -OCH3 is 1. The second kappa shape index (κ2) is 6.13. The van der Waals surface area contributed by atoms with E-state index in [-0.39, 0.29) is 5.75 Å². The molecule has 1 aliphatic heterocycles. The fourth-order valence-electron chi connectivity index (χ4n) is 2.39. The number of ether oxygens (including phenoxy) is 1. The van der Waals surface area contributed by atoms with Crippen LogP contribution in [0.15, 0.2) is 24.3 Å². The van der Waals surface area contributed by atoms with Crippen molar-refractivity contribution in [3.05, 3.63) is 35.4 Å². The van der Waals surface area contributed by atoms with Crippen LogP contribution in [-0.2, 0) is 20.5 Å². The molecule has 1 fully saturated rings. The van der Waals surface area contributed by atoms with Gasteiger partial charge in [0.2, 0.25) is 10.0 Å². The molecular formula is C14H20N2O4S. The van der Waals surface area contributed by atoms with E-state index in [9.17, 15) is 13.2 Å². The van der Waals surface area contributed by atoms with Crippen molar-refractivity contribution in [1.29, 1.82) is 0 Å². The Hall–Kier alpha value is -1.44. The average molecular weight is 312 g/mol. The molecule has 21 heavy (non-hydrogen) atoms. The molecule has 1 aliphatic rings. The first-order valence-electron chi connectivity index (χ1n) is 6.73. The molecule has 7 heteroatoms. The van der Waals surface area contributed by atoms with Crippen LogP contribution in [0.25, 0.3) is 0 Å². The van der Waals surface area contributed by atoms with Crippen molar-refractivity contribution in [3.63, 3.8) is 0 Å². The Morgan fingerprint density at radius 1 is 1.38 bits per heavy atom. The van der Waals surface area contributed by atoms with Gasteiger partial charge in [0.25, 0.3) is 0 Å². The van der Waals surface area contributed by atoms with E-state index in [2.05, 4.69) is 14.8 Å². The van der Waals surface area contributed by atoms with Crippen molar-refractivity contribution < 1.29 is 17.9 Å². The quantitative estimate of drug-likeness (QED) is 0.780. The molecule has 0 radical (unpaired) electrons. The maximum Gasteiger partial charge on any atom is 0.337 e. The molecule has 2 N–H and O–H groups in total. The average Bonchev–Trinajstić information content (AvgIpc) is 2.83. The Balaban J connectivity index is 2.04. The summed E-state index contributed by atoms with van der Waals surface area (Å²) in [6, 6.07) is 6.38. The van der Waals surface area contributed by atoms with E-state index in [1.165, 1.54) is 7.11 Å². The standard InChI is InChI=1S/C14H20N2O4S/c1-14(7-8-15-10-14)16-21(18,19)9-11-3-5-12(6-4-11)13(17)20-2/h3-6,15-16H,7-10H2,1-2H3. The Morgan fingerprint density at radius 3 is 2.57 bits per heavy atom. The Kier molecular flexibility index (Phi) is 4.65. The predicted octanol–water partition coefficient (Wildman–Crippen LogP) is 0.645. The molecule has 1 aromatic carbocycles. The number of rotatable bonds is 5. The number of hydrogen-bond acceptors (Lipinski definition) is 5. The molecule has 116 valence electrons. The SMILES string of the molecule is COC(=O)c1ccc(CS(=O)(=O)NC2(C)CCNC2)cc1. The van der Waals surface area contributed by atoms with Crippen LogP contribution in [0.2, 0.25) is 0 Å². The van der Waals surface area contributed by atoms with Crippen LogP contribution >= 0.6 is 0 Å². The number of esters is 1. The Morgan fingerprint density at radius 2 is 2.05 bits per heavy atom. The van der Waals surface area contributed by atoms with Crippen LogP contribution in [0.4, 0.5) is 0 Å². The lowest BCUT2D eigenvalue weighted by Gasteiger charge is -2.24. The number of nitrogens with one attached hydrogen (secondary N) is 2. The van der Waals surface area contributed by atoms with Gasteiger partial charge < -0.3 is 10.1 Å². The fraction of sp³-hybridized carbons (Fsp3) is 0.500. The third kappa shape index (κ3) is 4.26. The summed E-state index contributed by atoms with van der Waals surface area (Å²) in [6.07, 6.45) is 0.771. The molecule has 0 bridgehead atoms. The van der Waals surface area contributed by atoms with Crippen molar-refractivity contribution in [3.8, 4) is 0 Å². The number of benzene rings is 1. The third-order valence-electron chi connectivity index (χ3n) is 3.50. The van der Waals surface area contributed by atoms with Crippen LogP contribution in [0.5, 0.6) is 0 Å². The molecule has 2 rings (SSSR count). The number of carbonyl (C=O) groups is 1. The van der Waals surface area contributed by atoms with Gasteiger partial charge in [-0.1, -0.05) is 12.1 Å². The van der Waals surface area contributed by atoms with E-state index in [4.69, 9.17) is 0 Å². The molecule has 6 nitrogen and oxygen atoms in total. The summed E-state index contributed by atoms with van der Waals surface area (Å²) in [5, 5.41) is 3.15. The highest BCUT2D eigenvalue weighted by Crippen LogP contribution is 2.16. The first kappa shape index (κ1) is 15.9. The monoisotopic (exact) mass is 312 g/mol. The zero-order valence-corrected chi connectivity index (χ0v) is 13.0. The number of carbonyl (C=O) groups excluding carboxylic acids is 1.